The molecule has 0 saturated carbocycles. The molecule has 0 spiro atoms. The zero-order chi connectivity index (χ0) is 20.5. The zero-order valence-electron chi connectivity index (χ0n) is 17.3. The van der Waals surface area contributed by atoms with Crippen LogP contribution in [0.3, 0.4) is 0 Å². The molecule has 1 saturated heterocycles. The van der Waals surface area contributed by atoms with Crippen LogP contribution in [0, 0.1) is 0 Å². The molecule has 0 bridgehead atoms. The summed E-state index contributed by atoms with van der Waals surface area (Å²) in [5.41, 5.74) is 2.81. The first-order chi connectivity index (χ1) is 14.1. The number of hydrogen-bond acceptors (Lipinski definition) is 4. The maximum Gasteiger partial charge on any atom is 0.256 e. The Labute approximate surface area is 173 Å². The summed E-state index contributed by atoms with van der Waals surface area (Å²) in [6.07, 6.45) is 1.98. The zero-order valence-corrected chi connectivity index (χ0v) is 17.3. The van der Waals surface area contributed by atoms with Crippen LogP contribution >= 0.6 is 0 Å². The molecular weight excluding hydrogens is 364 g/mol. The predicted molar refractivity (Wildman–Crippen MR) is 117 cm³/mol. The van der Waals surface area contributed by atoms with Crippen molar-refractivity contribution < 1.29 is 14.4 Å². The first kappa shape index (κ1) is 20.9. The second-order valence-corrected chi connectivity index (χ2v) is 7.40. The number of nitrogens with one attached hydrogen (secondary N) is 3. The predicted octanol–water partition coefficient (Wildman–Crippen LogP) is 0.986. The van der Waals surface area contributed by atoms with Crippen molar-refractivity contribution in [3.8, 4) is 0 Å². The molecule has 1 aliphatic rings. The van der Waals surface area contributed by atoms with E-state index in [9.17, 15) is 4.79 Å². The van der Waals surface area contributed by atoms with Crippen molar-refractivity contribution in [2.75, 3.05) is 58.4 Å². The SMILES string of the molecule is CN(C)c1ccc(/C=C(/NCC[NH+]2CCOCC2)NC(=O)c2ccccc2)cc1. The van der Waals surface area contributed by atoms with Gasteiger partial charge in [0.25, 0.3) is 5.91 Å². The van der Waals surface area contributed by atoms with Crippen molar-refractivity contribution in [1.29, 1.82) is 0 Å². The van der Waals surface area contributed by atoms with Crippen LogP contribution < -0.4 is 20.4 Å². The van der Waals surface area contributed by atoms with Crippen LogP contribution in [0.5, 0.6) is 0 Å². The molecule has 0 aromatic heterocycles. The van der Waals surface area contributed by atoms with E-state index in [4.69, 9.17) is 4.74 Å². The molecule has 154 valence electrons. The lowest BCUT2D eigenvalue weighted by Gasteiger charge is -2.24. The maximum atomic E-state index is 12.6. The minimum Gasteiger partial charge on any atom is -0.378 e. The summed E-state index contributed by atoms with van der Waals surface area (Å²) in [5, 5.41) is 6.43. The second-order valence-electron chi connectivity index (χ2n) is 7.40. The van der Waals surface area contributed by atoms with Gasteiger partial charge in [-0.25, -0.2) is 0 Å². The van der Waals surface area contributed by atoms with Gasteiger partial charge in [-0.05, 0) is 35.9 Å². The Bertz CT molecular complexity index is 797. The molecule has 1 amide bonds. The van der Waals surface area contributed by atoms with E-state index in [1.807, 2.05) is 50.5 Å². The molecule has 2 aromatic rings. The Morgan fingerprint density at radius 2 is 1.76 bits per heavy atom. The van der Waals surface area contributed by atoms with Crippen LogP contribution in [0.25, 0.3) is 6.08 Å². The van der Waals surface area contributed by atoms with E-state index in [1.54, 1.807) is 0 Å². The summed E-state index contributed by atoms with van der Waals surface area (Å²) < 4.78 is 5.42. The van der Waals surface area contributed by atoms with Crippen molar-refractivity contribution in [3.63, 3.8) is 0 Å². The molecular formula is C23H31N4O2+. The molecule has 3 N–H and O–H groups in total. The van der Waals surface area contributed by atoms with Crippen LogP contribution in [0.4, 0.5) is 5.69 Å². The number of hydrogen-bond donors (Lipinski definition) is 3. The highest BCUT2D eigenvalue weighted by atomic mass is 16.5. The number of carbonyl (C=O) groups excluding carboxylic acids is 1. The standard InChI is InChI=1S/C23H30N4O2/c1-26(2)21-10-8-19(9-11-21)18-22(24-12-13-27-14-16-29-17-15-27)25-23(28)20-6-4-3-5-7-20/h3-11,18,24H,12-17H2,1-2H3,(H,25,28)/p+1/b22-18-. The van der Waals surface area contributed by atoms with Gasteiger partial charge in [0.15, 0.2) is 0 Å². The van der Waals surface area contributed by atoms with Crippen LogP contribution in [-0.4, -0.2) is 59.4 Å². The number of rotatable bonds is 8. The van der Waals surface area contributed by atoms with Gasteiger partial charge in [0.2, 0.25) is 0 Å². The lowest BCUT2D eigenvalue weighted by molar-refractivity contribution is -0.906. The molecule has 1 fully saturated rings. The number of nitrogens with zero attached hydrogens (tertiary/aromatic N) is 1. The van der Waals surface area contributed by atoms with Crippen LogP contribution in [0.2, 0.25) is 0 Å². The number of ether oxygens (including phenoxy) is 1. The maximum absolute atomic E-state index is 12.6. The lowest BCUT2D eigenvalue weighted by atomic mass is 10.2. The van der Waals surface area contributed by atoms with Gasteiger partial charge in [-0.1, -0.05) is 30.3 Å². The largest absolute Gasteiger partial charge is 0.378 e. The van der Waals surface area contributed by atoms with Crippen molar-refractivity contribution in [3.05, 3.63) is 71.5 Å². The van der Waals surface area contributed by atoms with Gasteiger partial charge in [0.05, 0.1) is 26.3 Å². The third kappa shape index (κ3) is 6.62. The van der Waals surface area contributed by atoms with E-state index < -0.39 is 0 Å². The minimum absolute atomic E-state index is 0.118. The third-order valence-electron chi connectivity index (χ3n) is 5.00. The number of morpholine rings is 1. The first-order valence-electron chi connectivity index (χ1n) is 10.1. The molecule has 0 atom stereocenters. The summed E-state index contributed by atoms with van der Waals surface area (Å²) in [7, 11) is 4.04. The molecule has 6 heteroatoms. The monoisotopic (exact) mass is 395 g/mol. The van der Waals surface area contributed by atoms with E-state index in [0.717, 1.165) is 50.6 Å². The molecule has 6 nitrogen and oxygen atoms in total. The molecule has 29 heavy (non-hydrogen) atoms. The van der Waals surface area contributed by atoms with Gasteiger partial charge in [0, 0.05) is 25.3 Å². The van der Waals surface area contributed by atoms with E-state index in [2.05, 4.69) is 39.8 Å². The van der Waals surface area contributed by atoms with Crippen molar-refractivity contribution in [2.45, 2.75) is 0 Å². The fraction of sp³-hybridized carbons (Fsp3) is 0.348. The summed E-state index contributed by atoms with van der Waals surface area (Å²) >= 11 is 0. The van der Waals surface area contributed by atoms with Gasteiger partial charge in [-0.15, -0.1) is 0 Å². The van der Waals surface area contributed by atoms with E-state index in [1.165, 1.54) is 4.90 Å². The van der Waals surface area contributed by atoms with E-state index in [-0.39, 0.29) is 5.91 Å². The highest BCUT2D eigenvalue weighted by Gasteiger charge is 2.14. The fourth-order valence-corrected chi connectivity index (χ4v) is 3.23. The molecule has 0 radical (unpaired) electrons. The number of benzene rings is 2. The van der Waals surface area contributed by atoms with E-state index in [0.29, 0.717) is 11.4 Å². The van der Waals surface area contributed by atoms with Crippen LogP contribution in [-0.2, 0) is 4.74 Å². The Morgan fingerprint density at radius 3 is 2.41 bits per heavy atom. The normalized spacial score (nSPS) is 15.0. The number of anilines is 1. The Kier molecular flexibility index (Phi) is 7.67. The average Bonchev–Trinajstić information content (AvgIpc) is 2.75. The molecule has 0 aliphatic carbocycles. The second kappa shape index (κ2) is 10.6. The molecule has 1 heterocycles. The van der Waals surface area contributed by atoms with Gasteiger partial charge in [-0.3, -0.25) is 4.79 Å². The average molecular weight is 396 g/mol. The number of quaternary nitrogens is 1. The first-order valence-corrected chi connectivity index (χ1v) is 10.1. The van der Waals surface area contributed by atoms with Gasteiger partial charge < -0.3 is 25.2 Å². The number of carbonyl (C=O) groups is 1. The van der Waals surface area contributed by atoms with Gasteiger partial charge >= 0.3 is 0 Å². The number of amides is 1. The van der Waals surface area contributed by atoms with Crippen LogP contribution in [0.1, 0.15) is 15.9 Å². The van der Waals surface area contributed by atoms with Crippen LogP contribution in [0.15, 0.2) is 60.4 Å². The fourth-order valence-electron chi connectivity index (χ4n) is 3.23. The molecule has 2 aromatic carbocycles. The molecule has 3 rings (SSSR count). The minimum atomic E-state index is -0.118. The molecule has 1 aliphatic heterocycles. The molecule has 0 unspecified atom stereocenters. The lowest BCUT2D eigenvalue weighted by Crippen LogP contribution is -3.14. The van der Waals surface area contributed by atoms with E-state index >= 15 is 0 Å². The smallest absolute Gasteiger partial charge is 0.256 e. The summed E-state index contributed by atoms with van der Waals surface area (Å²) in [6, 6.07) is 17.5. The quantitative estimate of drug-likeness (QED) is 0.624. The topological polar surface area (TPSA) is 58.0 Å². The summed E-state index contributed by atoms with van der Waals surface area (Å²) in [6.45, 7) is 5.47. The van der Waals surface area contributed by atoms with Crippen molar-refractivity contribution in [1.82, 2.24) is 10.6 Å². The highest BCUT2D eigenvalue weighted by molar-refractivity contribution is 5.95. The van der Waals surface area contributed by atoms with Crippen molar-refractivity contribution in [2.24, 2.45) is 0 Å². The highest BCUT2D eigenvalue weighted by Crippen LogP contribution is 2.14. The third-order valence-corrected chi connectivity index (χ3v) is 5.00. The Morgan fingerprint density at radius 1 is 1.07 bits per heavy atom. The Hall–Kier alpha value is -2.83. The summed E-state index contributed by atoms with van der Waals surface area (Å²) in [4.78, 5) is 16.2. The summed E-state index contributed by atoms with van der Waals surface area (Å²) in [5.74, 6) is 0.595. The Balaban J connectivity index is 1.68. The van der Waals surface area contributed by atoms with Gasteiger partial charge in [0.1, 0.15) is 18.9 Å². The van der Waals surface area contributed by atoms with Gasteiger partial charge in [-0.2, -0.15) is 0 Å². The van der Waals surface area contributed by atoms with Crippen molar-refractivity contribution >= 4 is 17.7 Å².